The van der Waals surface area contributed by atoms with Crippen molar-refractivity contribution in [1.82, 2.24) is 10.6 Å². The summed E-state index contributed by atoms with van der Waals surface area (Å²) in [5, 5.41) is 15.1. The average Bonchev–Trinajstić information content (AvgIpc) is 3.13. The summed E-state index contributed by atoms with van der Waals surface area (Å²) in [6, 6.07) is 4.62. The number of aliphatic hydroxyl groups is 1. The number of hydrogen-bond donors (Lipinski definition) is 3. The maximum atomic E-state index is 13.8. The van der Waals surface area contributed by atoms with Crippen molar-refractivity contribution in [2.75, 3.05) is 0 Å². The number of carbonyl (C=O) groups excluding carboxylic acids is 1. The highest BCUT2D eigenvalue weighted by molar-refractivity contribution is 7.80. The maximum Gasteiger partial charge on any atom is 0.437 e. The molecule has 29 heavy (non-hydrogen) atoms. The van der Waals surface area contributed by atoms with E-state index >= 15 is 0 Å². The fraction of sp³-hybridized carbons (Fsp3) is 0.294. The van der Waals surface area contributed by atoms with Gasteiger partial charge in [-0.3, -0.25) is 4.79 Å². The summed E-state index contributed by atoms with van der Waals surface area (Å²) in [6.45, 7) is 0. The van der Waals surface area contributed by atoms with E-state index in [1.807, 2.05) is 0 Å². The van der Waals surface area contributed by atoms with Crippen LogP contribution in [0.3, 0.4) is 0 Å². The van der Waals surface area contributed by atoms with Crippen LogP contribution in [0, 0.1) is 5.92 Å². The minimum absolute atomic E-state index is 0.149. The van der Waals surface area contributed by atoms with E-state index in [1.54, 1.807) is 5.32 Å². The van der Waals surface area contributed by atoms with Gasteiger partial charge in [0.1, 0.15) is 5.92 Å². The Morgan fingerprint density at radius 1 is 1.10 bits per heavy atom. The molecule has 0 aliphatic carbocycles. The molecule has 1 saturated heterocycles. The fourth-order valence-electron chi connectivity index (χ4n) is 3.20. The Morgan fingerprint density at radius 3 is 2.31 bits per heavy atom. The summed E-state index contributed by atoms with van der Waals surface area (Å²) in [4.78, 5) is 12.8. The second-order valence-electron chi connectivity index (χ2n) is 6.24. The Bertz CT molecular complexity index is 929. The summed E-state index contributed by atoms with van der Waals surface area (Å²) in [7, 11) is 0. The third-order valence-corrected chi connectivity index (χ3v) is 5.56. The molecule has 2 aromatic rings. The van der Waals surface area contributed by atoms with E-state index in [2.05, 4.69) is 5.32 Å². The number of thiophene rings is 1. The molecule has 1 aromatic carbocycles. The maximum absolute atomic E-state index is 13.8. The molecule has 0 unspecified atom stereocenters. The highest BCUT2D eigenvalue weighted by Gasteiger charge is 2.66. The van der Waals surface area contributed by atoms with Gasteiger partial charge < -0.3 is 15.7 Å². The summed E-state index contributed by atoms with van der Waals surface area (Å²) in [5.41, 5.74) is -5.75. The van der Waals surface area contributed by atoms with Crippen LogP contribution in [0.15, 0.2) is 41.8 Å². The Kier molecular flexibility index (Phi) is 5.39. The van der Waals surface area contributed by atoms with E-state index in [0.717, 1.165) is 23.5 Å². The molecule has 3 atom stereocenters. The molecule has 1 aromatic heterocycles. The zero-order chi connectivity index (χ0) is 21.6. The topological polar surface area (TPSA) is 61.4 Å². The van der Waals surface area contributed by atoms with Gasteiger partial charge in [0, 0.05) is 0 Å². The Hall–Kier alpha value is -2.18. The van der Waals surface area contributed by atoms with Crippen molar-refractivity contribution in [3.05, 3.63) is 57.8 Å². The van der Waals surface area contributed by atoms with Gasteiger partial charge in [0.15, 0.2) is 10.9 Å². The van der Waals surface area contributed by atoms with Crippen LogP contribution in [-0.4, -0.2) is 27.9 Å². The number of halogens is 6. The normalized spacial score (nSPS) is 25.3. The lowest BCUT2D eigenvalue weighted by molar-refractivity contribution is -0.285. The molecule has 4 nitrogen and oxygen atoms in total. The number of thiocarbonyl (C=S) groups is 1. The van der Waals surface area contributed by atoms with Crippen LogP contribution in [0.4, 0.5) is 26.3 Å². The van der Waals surface area contributed by atoms with Gasteiger partial charge in [-0.1, -0.05) is 24.3 Å². The molecule has 0 spiro atoms. The van der Waals surface area contributed by atoms with Gasteiger partial charge in [0.2, 0.25) is 5.72 Å². The molecule has 156 valence electrons. The van der Waals surface area contributed by atoms with E-state index in [1.165, 1.54) is 23.6 Å². The molecule has 12 heteroatoms. The molecule has 1 aliphatic heterocycles. The molecule has 1 aliphatic rings. The van der Waals surface area contributed by atoms with E-state index < -0.39 is 52.1 Å². The lowest BCUT2D eigenvalue weighted by Crippen LogP contribution is -2.72. The highest BCUT2D eigenvalue weighted by Crippen LogP contribution is 2.46. The van der Waals surface area contributed by atoms with Crippen molar-refractivity contribution in [3.63, 3.8) is 0 Å². The number of rotatable bonds is 3. The van der Waals surface area contributed by atoms with Gasteiger partial charge in [-0.25, -0.2) is 0 Å². The standard InChI is InChI=1S/C17H12F6N2O2S2/c18-16(19,20)9-5-2-1-4-8(9)12-11(13(26)10-6-3-7-29-10)15(27,17(21,22)23)25-14(28)24-12/h1-7,11-12,27H,(H2,24,25,28)/t11-,12-,15+/m0/s1. The fourth-order valence-corrected chi connectivity index (χ4v) is 4.18. The monoisotopic (exact) mass is 454 g/mol. The van der Waals surface area contributed by atoms with Crippen molar-refractivity contribution in [2.45, 2.75) is 24.1 Å². The predicted octanol–water partition coefficient (Wildman–Crippen LogP) is 4.04. The van der Waals surface area contributed by atoms with Crippen LogP contribution < -0.4 is 10.6 Å². The first-order valence-electron chi connectivity index (χ1n) is 7.98. The summed E-state index contributed by atoms with van der Waals surface area (Å²) < 4.78 is 81.9. The Balaban J connectivity index is 2.24. The first-order valence-corrected chi connectivity index (χ1v) is 9.26. The smallest absolute Gasteiger partial charge is 0.363 e. The lowest BCUT2D eigenvalue weighted by Gasteiger charge is -2.46. The number of nitrogens with one attached hydrogen (secondary N) is 2. The number of alkyl halides is 6. The number of Topliss-reactive ketones (excluding diaryl/α,β-unsaturated/α-hetero) is 1. The summed E-state index contributed by atoms with van der Waals surface area (Å²) in [6.07, 6.45) is -10.3. The third-order valence-electron chi connectivity index (χ3n) is 4.45. The van der Waals surface area contributed by atoms with Gasteiger partial charge >= 0.3 is 12.4 Å². The second kappa shape index (κ2) is 7.26. The van der Waals surface area contributed by atoms with Crippen molar-refractivity contribution >= 4 is 34.5 Å². The van der Waals surface area contributed by atoms with Gasteiger partial charge in [-0.15, -0.1) is 11.3 Å². The van der Waals surface area contributed by atoms with Gasteiger partial charge in [0.05, 0.1) is 16.5 Å². The van der Waals surface area contributed by atoms with Crippen molar-refractivity contribution in [2.24, 2.45) is 5.92 Å². The number of ketones is 1. The number of carbonyl (C=O) groups is 1. The second-order valence-corrected chi connectivity index (χ2v) is 7.60. The van der Waals surface area contributed by atoms with Crippen LogP contribution in [-0.2, 0) is 6.18 Å². The van der Waals surface area contributed by atoms with Crippen LogP contribution in [0.25, 0.3) is 0 Å². The van der Waals surface area contributed by atoms with Crippen molar-refractivity contribution in [1.29, 1.82) is 0 Å². The van der Waals surface area contributed by atoms with E-state index in [4.69, 9.17) is 12.2 Å². The number of hydrogen-bond acceptors (Lipinski definition) is 4. The van der Waals surface area contributed by atoms with E-state index in [-0.39, 0.29) is 4.88 Å². The van der Waals surface area contributed by atoms with Crippen molar-refractivity contribution in [3.8, 4) is 0 Å². The van der Waals surface area contributed by atoms with Crippen molar-refractivity contribution < 1.29 is 36.2 Å². The molecule has 0 radical (unpaired) electrons. The van der Waals surface area contributed by atoms with Gasteiger partial charge in [0.25, 0.3) is 0 Å². The molecule has 0 bridgehead atoms. The van der Waals surface area contributed by atoms with Crippen LogP contribution in [0.1, 0.15) is 26.8 Å². The van der Waals surface area contributed by atoms with E-state index in [0.29, 0.717) is 6.07 Å². The minimum atomic E-state index is -5.41. The van der Waals surface area contributed by atoms with Crippen LogP contribution in [0.2, 0.25) is 0 Å². The summed E-state index contributed by atoms with van der Waals surface area (Å²) in [5.74, 6) is -3.55. The first-order chi connectivity index (χ1) is 13.4. The SMILES string of the molecule is O=C(c1cccs1)[C@@H]1[C@H](c2ccccc2C(F)(F)F)NC(=S)N[C@]1(O)C(F)(F)F. The predicted molar refractivity (Wildman–Crippen MR) is 96.2 cm³/mol. The minimum Gasteiger partial charge on any atom is -0.363 e. The quantitative estimate of drug-likeness (QED) is 0.371. The molecule has 0 saturated carbocycles. The average molecular weight is 454 g/mol. The molecular formula is C17H12F6N2O2S2. The van der Waals surface area contributed by atoms with E-state index in [9.17, 15) is 36.2 Å². The molecule has 3 rings (SSSR count). The molecule has 2 heterocycles. The lowest BCUT2D eigenvalue weighted by atomic mass is 9.77. The van der Waals surface area contributed by atoms with Gasteiger partial charge in [-0.05, 0) is 35.3 Å². The molecule has 1 fully saturated rings. The Labute approximate surface area is 169 Å². The zero-order valence-corrected chi connectivity index (χ0v) is 15.8. The zero-order valence-electron chi connectivity index (χ0n) is 14.1. The van der Waals surface area contributed by atoms with Crippen LogP contribution in [0.5, 0.6) is 0 Å². The first kappa shape index (κ1) is 21.5. The summed E-state index contributed by atoms with van der Waals surface area (Å²) >= 11 is 5.51. The molecular weight excluding hydrogens is 442 g/mol. The van der Waals surface area contributed by atoms with Crippen LogP contribution >= 0.6 is 23.6 Å². The highest BCUT2D eigenvalue weighted by atomic mass is 32.1. The largest absolute Gasteiger partial charge is 0.437 e. The van der Waals surface area contributed by atoms with Gasteiger partial charge in [-0.2, -0.15) is 26.3 Å². The Morgan fingerprint density at radius 2 is 1.76 bits per heavy atom. The third kappa shape index (κ3) is 3.83. The molecule has 0 amide bonds. The molecule has 3 N–H and O–H groups in total. The number of benzene rings is 1.